The minimum absolute atomic E-state index is 0.0513. The number of nitrogens with one attached hydrogen (secondary N) is 1. The molecule has 3 N–H and O–H groups in total. The molecule has 2 amide bonds. The summed E-state index contributed by atoms with van der Waals surface area (Å²) in [5, 5.41) is 7.37. The second-order valence-corrected chi connectivity index (χ2v) is 8.08. The van der Waals surface area contributed by atoms with E-state index in [2.05, 4.69) is 31.3 Å². The molecule has 0 aromatic carbocycles. The highest BCUT2D eigenvalue weighted by Gasteiger charge is 2.25. The van der Waals surface area contributed by atoms with E-state index in [-0.39, 0.29) is 15.4 Å². The van der Waals surface area contributed by atoms with E-state index in [0.29, 0.717) is 10.9 Å². The highest BCUT2D eigenvalue weighted by Crippen LogP contribution is 2.38. The van der Waals surface area contributed by atoms with Crippen LogP contribution in [0.25, 0.3) is 10.2 Å². The summed E-state index contributed by atoms with van der Waals surface area (Å²) in [4.78, 5) is 28.8. The van der Waals surface area contributed by atoms with Crippen LogP contribution in [0, 0.1) is 13.8 Å². The normalized spacial score (nSPS) is 12.5. The Labute approximate surface area is 171 Å². The summed E-state index contributed by atoms with van der Waals surface area (Å²) >= 11 is 4.21. The number of fused-ring (bicyclic) bond motifs is 1. The maximum absolute atomic E-state index is 13.0. The van der Waals surface area contributed by atoms with Crippen LogP contribution in [0.5, 0.6) is 0 Å². The van der Waals surface area contributed by atoms with E-state index >= 15 is 0 Å². The highest BCUT2D eigenvalue weighted by molar-refractivity contribution is 9.10. The number of anilines is 1. The third-order valence-electron chi connectivity index (χ3n) is 4.21. The molecule has 3 aromatic heterocycles. The summed E-state index contributed by atoms with van der Waals surface area (Å²) < 4.78 is 28.3. The van der Waals surface area contributed by atoms with Gasteiger partial charge in [0.1, 0.15) is 21.4 Å². The molecule has 0 fully saturated rings. The topological polar surface area (TPSA) is 103 Å². The molecule has 28 heavy (non-hydrogen) atoms. The van der Waals surface area contributed by atoms with Gasteiger partial charge in [0, 0.05) is 11.6 Å². The van der Waals surface area contributed by atoms with Gasteiger partial charge in [0.2, 0.25) is 5.91 Å². The van der Waals surface area contributed by atoms with Gasteiger partial charge >= 0.3 is 0 Å². The number of nitrogens with zero attached hydrogens (tertiary/aromatic N) is 3. The van der Waals surface area contributed by atoms with Crippen LogP contribution < -0.4 is 11.1 Å². The molecule has 0 aliphatic rings. The summed E-state index contributed by atoms with van der Waals surface area (Å²) in [6, 6.07) is 0.548. The minimum Gasteiger partial charge on any atom is -0.365 e. The third-order valence-corrected chi connectivity index (χ3v) is 6.08. The van der Waals surface area contributed by atoms with Gasteiger partial charge in [0.15, 0.2) is 0 Å². The van der Waals surface area contributed by atoms with Gasteiger partial charge in [0.05, 0.1) is 15.9 Å². The number of nitrogens with two attached hydrogens (primary N) is 1. The summed E-state index contributed by atoms with van der Waals surface area (Å²) in [7, 11) is 0. The Bertz CT molecular complexity index is 1080. The fraction of sp³-hybridized carbons (Fsp3) is 0.294. The van der Waals surface area contributed by atoms with Crippen molar-refractivity contribution in [1.29, 1.82) is 0 Å². The molecule has 148 valence electrons. The number of carbonyl (C=O) groups is 2. The number of primary amides is 1. The van der Waals surface area contributed by atoms with Crippen LogP contribution in [0.15, 0.2) is 16.7 Å². The predicted octanol–water partition coefficient (Wildman–Crippen LogP) is 4.11. The summed E-state index contributed by atoms with van der Waals surface area (Å²) in [5.74, 6) is -1.21. The van der Waals surface area contributed by atoms with E-state index in [1.54, 1.807) is 27.0 Å². The SMILES string of the molecule is Cc1nn(C(C)C(=O)Nc2c(C(N)=O)sc3nc(C(F)F)cc(C)c23)cc1Br. The number of rotatable bonds is 5. The Morgan fingerprint density at radius 3 is 2.57 bits per heavy atom. The minimum atomic E-state index is -2.75. The zero-order valence-corrected chi connectivity index (χ0v) is 17.5. The van der Waals surface area contributed by atoms with Crippen molar-refractivity contribution in [2.75, 3.05) is 5.32 Å². The Morgan fingerprint density at radius 2 is 2.04 bits per heavy atom. The van der Waals surface area contributed by atoms with E-state index < -0.39 is 30.0 Å². The number of aromatic nitrogens is 3. The van der Waals surface area contributed by atoms with Gasteiger partial charge in [-0.25, -0.2) is 13.8 Å². The van der Waals surface area contributed by atoms with Gasteiger partial charge in [-0.2, -0.15) is 5.10 Å². The average molecular weight is 472 g/mol. The molecule has 11 heteroatoms. The lowest BCUT2D eigenvalue weighted by molar-refractivity contribution is -0.119. The molecular formula is C17H16BrF2N5O2S. The second-order valence-electron chi connectivity index (χ2n) is 6.22. The predicted molar refractivity (Wildman–Crippen MR) is 106 cm³/mol. The maximum Gasteiger partial charge on any atom is 0.280 e. The summed E-state index contributed by atoms with van der Waals surface area (Å²) in [5.41, 5.74) is 6.40. The van der Waals surface area contributed by atoms with Crippen molar-refractivity contribution < 1.29 is 18.4 Å². The van der Waals surface area contributed by atoms with E-state index in [1.807, 2.05) is 0 Å². The number of carbonyl (C=O) groups excluding carboxylic acids is 2. The number of amides is 2. The van der Waals surface area contributed by atoms with E-state index in [4.69, 9.17) is 5.73 Å². The number of pyridine rings is 1. The second kappa shape index (κ2) is 7.55. The molecule has 0 saturated heterocycles. The maximum atomic E-state index is 13.0. The average Bonchev–Trinajstić information content (AvgIpc) is 3.15. The van der Waals surface area contributed by atoms with Gasteiger partial charge in [0.25, 0.3) is 12.3 Å². The van der Waals surface area contributed by atoms with Crippen LogP contribution in [-0.4, -0.2) is 26.6 Å². The third kappa shape index (κ3) is 3.63. The van der Waals surface area contributed by atoms with Crippen LogP contribution >= 0.6 is 27.3 Å². The van der Waals surface area contributed by atoms with Crippen molar-refractivity contribution in [2.45, 2.75) is 33.2 Å². The van der Waals surface area contributed by atoms with Gasteiger partial charge in [-0.1, -0.05) is 0 Å². The van der Waals surface area contributed by atoms with Gasteiger partial charge in [-0.15, -0.1) is 11.3 Å². The highest BCUT2D eigenvalue weighted by atomic mass is 79.9. The number of aryl methyl sites for hydroxylation is 2. The number of alkyl halides is 2. The van der Waals surface area contributed by atoms with Crippen molar-refractivity contribution in [2.24, 2.45) is 5.73 Å². The molecule has 3 rings (SSSR count). The zero-order valence-electron chi connectivity index (χ0n) is 15.1. The van der Waals surface area contributed by atoms with Crippen LogP contribution in [0.1, 0.15) is 46.0 Å². The Hall–Kier alpha value is -2.40. The zero-order chi connectivity index (χ0) is 20.7. The first-order chi connectivity index (χ1) is 13.1. The molecule has 0 saturated carbocycles. The molecule has 1 unspecified atom stereocenters. The van der Waals surface area contributed by atoms with E-state index in [9.17, 15) is 18.4 Å². The fourth-order valence-electron chi connectivity index (χ4n) is 2.72. The van der Waals surface area contributed by atoms with Gasteiger partial charge < -0.3 is 11.1 Å². The van der Waals surface area contributed by atoms with Crippen LogP contribution in [0.2, 0.25) is 0 Å². The number of thiophene rings is 1. The molecule has 0 aliphatic heterocycles. The van der Waals surface area contributed by atoms with E-state index in [1.165, 1.54) is 10.7 Å². The first kappa shape index (κ1) is 20.3. The number of halogens is 3. The summed E-state index contributed by atoms with van der Waals surface area (Å²) in [6.45, 7) is 5.05. The largest absolute Gasteiger partial charge is 0.365 e. The van der Waals surface area contributed by atoms with Crippen LogP contribution in [-0.2, 0) is 4.79 Å². The van der Waals surface area contributed by atoms with Crippen molar-refractivity contribution in [3.05, 3.63) is 38.6 Å². The molecule has 0 aliphatic carbocycles. The quantitative estimate of drug-likeness (QED) is 0.584. The van der Waals surface area contributed by atoms with Crippen LogP contribution in [0.4, 0.5) is 14.5 Å². The molecular weight excluding hydrogens is 456 g/mol. The molecule has 7 nitrogen and oxygen atoms in total. The molecule has 0 spiro atoms. The molecule has 3 heterocycles. The van der Waals surface area contributed by atoms with Gasteiger partial charge in [-0.3, -0.25) is 14.3 Å². The van der Waals surface area contributed by atoms with Crippen molar-refractivity contribution in [3.8, 4) is 0 Å². The molecule has 0 bridgehead atoms. The van der Waals surface area contributed by atoms with Crippen molar-refractivity contribution in [1.82, 2.24) is 14.8 Å². The first-order valence-electron chi connectivity index (χ1n) is 8.14. The smallest absolute Gasteiger partial charge is 0.280 e. The molecule has 3 aromatic rings. The first-order valence-corrected chi connectivity index (χ1v) is 9.75. The molecule has 1 atom stereocenters. The lowest BCUT2D eigenvalue weighted by Gasteiger charge is -2.14. The Balaban J connectivity index is 2.04. The molecule has 0 radical (unpaired) electrons. The van der Waals surface area contributed by atoms with Crippen molar-refractivity contribution >= 4 is 55.0 Å². The lowest BCUT2D eigenvalue weighted by atomic mass is 10.1. The lowest BCUT2D eigenvalue weighted by Crippen LogP contribution is -2.25. The number of hydrogen-bond acceptors (Lipinski definition) is 5. The summed E-state index contributed by atoms with van der Waals surface area (Å²) in [6.07, 6.45) is -1.08. The van der Waals surface area contributed by atoms with E-state index in [0.717, 1.165) is 21.5 Å². The standard InChI is InChI=1S/C17H16BrF2N5O2S/c1-6-4-10(14(19)20)22-17-11(6)12(13(28-17)15(21)26)23-16(27)8(3)25-5-9(18)7(2)24-25/h4-5,8,14H,1-3H3,(H2,21,26)(H,23,27). The number of hydrogen-bond donors (Lipinski definition) is 2. The van der Waals surface area contributed by atoms with Crippen molar-refractivity contribution in [3.63, 3.8) is 0 Å². The van der Waals surface area contributed by atoms with Gasteiger partial charge in [-0.05, 0) is 48.3 Å². The Kier molecular flexibility index (Phi) is 5.48. The monoisotopic (exact) mass is 471 g/mol. The fourth-order valence-corrected chi connectivity index (χ4v) is 4.07. The van der Waals surface area contributed by atoms with Crippen LogP contribution in [0.3, 0.4) is 0 Å². The Morgan fingerprint density at radius 1 is 1.36 bits per heavy atom.